The van der Waals surface area contributed by atoms with Crippen LogP contribution in [-0.4, -0.2) is 59.3 Å². The van der Waals surface area contributed by atoms with Crippen molar-refractivity contribution in [2.45, 2.75) is 19.9 Å². The van der Waals surface area contributed by atoms with Crippen LogP contribution in [0.1, 0.15) is 19.0 Å². The van der Waals surface area contributed by atoms with Crippen LogP contribution in [0, 0.1) is 0 Å². The highest BCUT2D eigenvalue weighted by Crippen LogP contribution is 2.05. The van der Waals surface area contributed by atoms with Gasteiger partial charge in [0.1, 0.15) is 0 Å². The van der Waals surface area contributed by atoms with E-state index in [2.05, 4.69) is 10.3 Å². The number of hydrogen-bond acceptors (Lipinski definition) is 4. The maximum absolute atomic E-state index is 12.4. The summed E-state index contributed by atoms with van der Waals surface area (Å²) in [7, 11) is 0. The molecule has 1 saturated heterocycles. The summed E-state index contributed by atoms with van der Waals surface area (Å²) in [5.41, 5.74) is 0.790. The Morgan fingerprint density at radius 1 is 1.33 bits per heavy atom. The van der Waals surface area contributed by atoms with Crippen molar-refractivity contribution in [3.05, 3.63) is 30.1 Å². The van der Waals surface area contributed by atoms with Gasteiger partial charge in [0, 0.05) is 32.4 Å². The van der Waals surface area contributed by atoms with Gasteiger partial charge in [0.05, 0.1) is 12.2 Å². The van der Waals surface area contributed by atoms with Crippen LogP contribution in [0.5, 0.6) is 0 Å². The maximum atomic E-state index is 12.4. The average molecular weight is 290 g/mol. The normalized spacial score (nSPS) is 15.4. The van der Waals surface area contributed by atoms with E-state index in [1.807, 2.05) is 25.1 Å². The fourth-order valence-electron chi connectivity index (χ4n) is 2.33. The van der Waals surface area contributed by atoms with E-state index in [0.29, 0.717) is 26.2 Å². The minimum Gasteiger partial charge on any atom is -0.333 e. The van der Waals surface area contributed by atoms with E-state index in [1.165, 1.54) is 0 Å². The van der Waals surface area contributed by atoms with Gasteiger partial charge < -0.3 is 15.1 Å². The lowest BCUT2D eigenvalue weighted by Crippen LogP contribution is -2.46. The van der Waals surface area contributed by atoms with Crippen LogP contribution in [-0.2, 0) is 16.1 Å². The number of nitrogens with zero attached hydrogens (tertiary/aromatic N) is 3. The van der Waals surface area contributed by atoms with Crippen molar-refractivity contribution < 1.29 is 9.59 Å². The molecule has 0 saturated carbocycles. The third kappa shape index (κ3) is 4.26. The number of amides is 2. The molecule has 0 aliphatic carbocycles. The Kier molecular flexibility index (Phi) is 5.68. The van der Waals surface area contributed by atoms with Gasteiger partial charge in [0.2, 0.25) is 0 Å². The molecule has 1 fully saturated rings. The molecule has 1 aromatic rings. The van der Waals surface area contributed by atoms with E-state index in [1.54, 1.807) is 16.0 Å². The molecule has 0 aromatic carbocycles. The Balaban J connectivity index is 1.99. The van der Waals surface area contributed by atoms with Crippen LogP contribution in [0.4, 0.5) is 0 Å². The lowest BCUT2D eigenvalue weighted by Gasteiger charge is -2.25. The van der Waals surface area contributed by atoms with Gasteiger partial charge in [-0.15, -0.1) is 0 Å². The highest BCUT2D eigenvalue weighted by Gasteiger charge is 2.26. The summed E-state index contributed by atoms with van der Waals surface area (Å²) in [6.07, 6.45) is 2.57. The molecular formula is C15H22N4O2. The van der Waals surface area contributed by atoms with Crippen LogP contribution < -0.4 is 5.32 Å². The van der Waals surface area contributed by atoms with Crippen molar-refractivity contribution in [2.24, 2.45) is 0 Å². The first-order valence-corrected chi connectivity index (χ1v) is 7.41. The number of carbonyl (C=O) groups is 2. The van der Waals surface area contributed by atoms with Crippen molar-refractivity contribution in [3.8, 4) is 0 Å². The number of rotatable bonds is 3. The first-order chi connectivity index (χ1) is 10.2. The van der Waals surface area contributed by atoms with E-state index in [9.17, 15) is 9.59 Å². The predicted octanol–water partition coefficient (Wildman–Crippen LogP) is 0.252. The molecule has 1 aliphatic heterocycles. The lowest BCUT2D eigenvalue weighted by atomic mass is 10.3. The summed E-state index contributed by atoms with van der Waals surface area (Å²) in [5.74, 6) is -0.846. The standard InChI is InChI=1S/C15H22N4O2/c1-2-18(12-13-6-3-4-8-17-13)14(20)15(21)19-10-5-7-16-9-11-19/h3-4,6,8,16H,2,5,7,9-12H2,1H3. The van der Waals surface area contributed by atoms with Crippen molar-refractivity contribution in [2.75, 3.05) is 32.7 Å². The summed E-state index contributed by atoms with van der Waals surface area (Å²) >= 11 is 0. The quantitative estimate of drug-likeness (QED) is 0.811. The second kappa shape index (κ2) is 7.73. The summed E-state index contributed by atoms with van der Waals surface area (Å²) in [5, 5.41) is 3.23. The minimum absolute atomic E-state index is 0.369. The lowest BCUT2D eigenvalue weighted by molar-refractivity contribution is -0.152. The Hall–Kier alpha value is -1.95. The Labute approximate surface area is 125 Å². The monoisotopic (exact) mass is 290 g/mol. The molecule has 1 aliphatic rings. The summed E-state index contributed by atoms with van der Waals surface area (Å²) in [6.45, 7) is 5.60. The third-order valence-corrected chi connectivity index (χ3v) is 3.56. The number of aromatic nitrogens is 1. The molecule has 6 heteroatoms. The zero-order chi connectivity index (χ0) is 15.1. The Morgan fingerprint density at radius 3 is 2.90 bits per heavy atom. The van der Waals surface area contributed by atoms with Crippen LogP contribution >= 0.6 is 0 Å². The molecule has 1 N–H and O–H groups in total. The van der Waals surface area contributed by atoms with Crippen molar-refractivity contribution in [1.29, 1.82) is 0 Å². The topological polar surface area (TPSA) is 65.5 Å². The molecule has 2 heterocycles. The van der Waals surface area contributed by atoms with Gasteiger partial charge in [-0.1, -0.05) is 6.07 Å². The van der Waals surface area contributed by atoms with Gasteiger partial charge in [-0.05, 0) is 32.0 Å². The van der Waals surface area contributed by atoms with Gasteiger partial charge >= 0.3 is 11.8 Å². The van der Waals surface area contributed by atoms with Crippen molar-refractivity contribution in [3.63, 3.8) is 0 Å². The highest BCUT2D eigenvalue weighted by atomic mass is 16.2. The zero-order valence-electron chi connectivity index (χ0n) is 12.4. The fraction of sp³-hybridized carbons (Fsp3) is 0.533. The maximum Gasteiger partial charge on any atom is 0.312 e. The van der Waals surface area contributed by atoms with Crippen molar-refractivity contribution in [1.82, 2.24) is 20.1 Å². The molecule has 2 rings (SSSR count). The molecule has 0 atom stereocenters. The van der Waals surface area contributed by atoms with Crippen LogP contribution in [0.2, 0.25) is 0 Å². The van der Waals surface area contributed by atoms with Gasteiger partial charge in [0.25, 0.3) is 0 Å². The van der Waals surface area contributed by atoms with Gasteiger partial charge in [-0.3, -0.25) is 14.6 Å². The van der Waals surface area contributed by atoms with E-state index in [0.717, 1.165) is 25.2 Å². The van der Waals surface area contributed by atoms with Gasteiger partial charge in [-0.2, -0.15) is 0 Å². The van der Waals surface area contributed by atoms with E-state index < -0.39 is 11.8 Å². The van der Waals surface area contributed by atoms with Crippen LogP contribution in [0.25, 0.3) is 0 Å². The van der Waals surface area contributed by atoms with Gasteiger partial charge in [-0.25, -0.2) is 0 Å². The SMILES string of the molecule is CCN(Cc1ccccn1)C(=O)C(=O)N1CCCNCC1. The molecule has 2 amide bonds. The summed E-state index contributed by atoms with van der Waals surface area (Å²) in [4.78, 5) is 32.1. The second-order valence-electron chi connectivity index (χ2n) is 5.04. The molecule has 0 bridgehead atoms. The minimum atomic E-state index is -0.440. The molecule has 114 valence electrons. The molecular weight excluding hydrogens is 268 g/mol. The number of carbonyl (C=O) groups excluding carboxylic acids is 2. The summed E-state index contributed by atoms with van der Waals surface area (Å²) in [6, 6.07) is 5.57. The largest absolute Gasteiger partial charge is 0.333 e. The number of likely N-dealkylation sites (N-methyl/N-ethyl adjacent to an activating group) is 1. The zero-order valence-corrected chi connectivity index (χ0v) is 12.4. The second-order valence-corrected chi connectivity index (χ2v) is 5.04. The average Bonchev–Trinajstić information content (AvgIpc) is 2.81. The first-order valence-electron chi connectivity index (χ1n) is 7.41. The molecule has 6 nitrogen and oxygen atoms in total. The predicted molar refractivity (Wildman–Crippen MR) is 79.4 cm³/mol. The summed E-state index contributed by atoms with van der Waals surface area (Å²) < 4.78 is 0. The number of nitrogens with one attached hydrogen (secondary N) is 1. The van der Waals surface area contributed by atoms with Gasteiger partial charge in [0.15, 0.2) is 0 Å². The Bertz CT molecular complexity index is 470. The molecule has 0 radical (unpaired) electrons. The van der Waals surface area contributed by atoms with E-state index >= 15 is 0 Å². The third-order valence-electron chi connectivity index (χ3n) is 3.56. The highest BCUT2D eigenvalue weighted by molar-refractivity contribution is 6.34. The van der Waals surface area contributed by atoms with E-state index in [-0.39, 0.29) is 0 Å². The smallest absolute Gasteiger partial charge is 0.312 e. The molecule has 0 spiro atoms. The number of pyridine rings is 1. The number of hydrogen-bond donors (Lipinski definition) is 1. The fourth-order valence-corrected chi connectivity index (χ4v) is 2.33. The van der Waals surface area contributed by atoms with Crippen LogP contribution in [0.3, 0.4) is 0 Å². The first kappa shape index (κ1) is 15.4. The molecule has 21 heavy (non-hydrogen) atoms. The Morgan fingerprint density at radius 2 is 2.19 bits per heavy atom. The molecule has 0 unspecified atom stereocenters. The van der Waals surface area contributed by atoms with Crippen molar-refractivity contribution >= 4 is 11.8 Å². The van der Waals surface area contributed by atoms with E-state index in [4.69, 9.17) is 0 Å². The molecule has 1 aromatic heterocycles. The van der Waals surface area contributed by atoms with Crippen LogP contribution in [0.15, 0.2) is 24.4 Å².